The first-order valence-electron chi connectivity index (χ1n) is 5.01. The van der Waals surface area contributed by atoms with E-state index in [0.717, 1.165) is 6.07 Å². The third-order valence-electron chi connectivity index (χ3n) is 2.30. The van der Waals surface area contributed by atoms with Gasteiger partial charge in [0.15, 0.2) is 4.67 Å². The van der Waals surface area contributed by atoms with Crippen LogP contribution in [-0.2, 0) is 0 Å². The Hall–Kier alpha value is -2.35. The number of nitro groups is 1. The van der Waals surface area contributed by atoms with Crippen molar-refractivity contribution in [2.24, 2.45) is 0 Å². The highest BCUT2D eigenvalue weighted by Gasteiger charge is 2.16. The predicted octanol–water partition coefficient (Wildman–Crippen LogP) is 2.91. The number of hydrogen-bond donors (Lipinski definition) is 2. The minimum Gasteiger partial charge on any atom is -0.506 e. The number of halogens is 1. The zero-order valence-corrected chi connectivity index (χ0v) is 10.9. The van der Waals surface area contributed by atoms with Gasteiger partial charge in [0, 0.05) is 6.07 Å². The van der Waals surface area contributed by atoms with Crippen molar-refractivity contribution >= 4 is 33.2 Å². The summed E-state index contributed by atoms with van der Waals surface area (Å²) in [7, 11) is 0. The van der Waals surface area contributed by atoms with Crippen LogP contribution in [0.1, 0.15) is 10.4 Å². The van der Waals surface area contributed by atoms with Gasteiger partial charge >= 0.3 is 0 Å². The monoisotopic (exact) mass is 326 g/mol. The SMILES string of the molecule is O=C(Nc1ccc([N+](=O)[O-])cc1O)c1ccoc1Br. The molecule has 2 N–H and O–H groups in total. The number of hydrogen-bond acceptors (Lipinski definition) is 5. The molecule has 1 aromatic carbocycles. The first kappa shape index (κ1) is 13.1. The van der Waals surface area contributed by atoms with E-state index in [9.17, 15) is 20.0 Å². The number of carbonyl (C=O) groups excluding carboxylic acids is 1. The number of nitrogens with zero attached hydrogens (tertiary/aromatic N) is 1. The summed E-state index contributed by atoms with van der Waals surface area (Å²) in [6, 6.07) is 4.83. The highest BCUT2D eigenvalue weighted by Crippen LogP contribution is 2.29. The smallest absolute Gasteiger partial charge is 0.273 e. The molecule has 0 aliphatic carbocycles. The molecule has 0 atom stereocenters. The lowest BCUT2D eigenvalue weighted by molar-refractivity contribution is -0.384. The van der Waals surface area contributed by atoms with E-state index >= 15 is 0 Å². The molecule has 0 spiro atoms. The maximum Gasteiger partial charge on any atom is 0.273 e. The van der Waals surface area contributed by atoms with E-state index in [4.69, 9.17) is 4.42 Å². The molecular formula is C11H7BrN2O5. The van der Waals surface area contributed by atoms with Crippen LogP contribution >= 0.6 is 15.9 Å². The summed E-state index contributed by atoms with van der Waals surface area (Å²) in [5, 5.41) is 22.5. The predicted molar refractivity (Wildman–Crippen MR) is 69.1 cm³/mol. The quantitative estimate of drug-likeness (QED) is 0.512. The summed E-state index contributed by atoms with van der Waals surface area (Å²) in [6.45, 7) is 0. The average molecular weight is 327 g/mol. The minimum absolute atomic E-state index is 0.0729. The zero-order valence-electron chi connectivity index (χ0n) is 9.29. The Kier molecular flexibility index (Phi) is 3.52. The molecule has 0 bridgehead atoms. The van der Waals surface area contributed by atoms with Gasteiger partial charge in [0.05, 0.1) is 28.5 Å². The number of nitro benzene ring substituents is 1. The van der Waals surface area contributed by atoms with E-state index in [-0.39, 0.29) is 27.4 Å². The molecule has 0 radical (unpaired) electrons. The van der Waals surface area contributed by atoms with Crippen molar-refractivity contribution < 1.29 is 19.2 Å². The van der Waals surface area contributed by atoms with Gasteiger partial charge < -0.3 is 14.8 Å². The molecule has 0 saturated carbocycles. The summed E-state index contributed by atoms with van der Waals surface area (Å²) in [6.07, 6.45) is 1.33. The third-order valence-corrected chi connectivity index (χ3v) is 2.92. The van der Waals surface area contributed by atoms with Gasteiger partial charge in [-0.1, -0.05) is 0 Å². The van der Waals surface area contributed by atoms with Crippen LogP contribution < -0.4 is 5.32 Å². The van der Waals surface area contributed by atoms with Crippen molar-refractivity contribution in [3.05, 3.63) is 50.9 Å². The fourth-order valence-electron chi connectivity index (χ4n) is 1.38. The second kappa shape index (κ2) is 5.11. The molecule has 1 amide bonds. The maximum absolute atomic E-state index is 11.8. The second-order valence-corrected chi connectivity index (χ2v) is 4.24. The van der Waals surface area contributed by atoms with Crippen LogP contribution in [0.4, 0.5) is 11.4 Å². The molecule has 8 heteroatoms. The van der Waals surface area contributed by atoms with Gasteiger partial charge in [-0.3, -0.25) is 14.9 Å². The highest BCUT2D eigenvalue weighted by molar-refractivity contribution is 9.10. The van der Waals surface area contributed by atoms with Gasteiger partial charge in [-0.25, -0.2) is 0 Å². The summed E-state index contributed by atoms with van der Waals surface area (Å²) >= 11 is 3.05. The highest BCUT2D eigenvalue weighted by atomic mass is 79.9. The first-order chi connectivity index (χ1) is 8.99. The third kappa shape index (κ3) is 2.74. The number of anilines is 1. The normalized spacial score (nSPS) is 10.2. The Morgan fingerprint density at radius 1 is 1.42 bits per heavy atom. The number of carbonyl (C=O) groups is 1. The molecule has 19 heavy (non-hydrogen) atoms. The molecule has 1 heterocycles. The molecule has 98 valence electrons. The fraction of sp³-hybridized carbons (Fsp3) is 0. The van der Waals surface area contributed by atoms with Gasteiger partial charge in [-0.05, 0) is 28.1 Å². The van der Waals surface area contributed by atoms with Crippen LogP contribution in [0.3, 0.4) is 0 Å². The standard InChI is InChI=1S/C11H7BrN2O5/c12-10-7(3-4-19-10)11(16)13-8-2-1-6(14(17)18)5-9(8)15/h1-5,15H,(H,13,16). The van der Waals surface area contributed by atoms with E-state index in [1.807, 2.05) is 0 Å². The van der Waals surface area contributed by atoms with Gasteiger partial charge in [0.2, 0.25) is 0 Å². The number of benzene rings is 1. The molecule has 0 unspecified atom stereocenters. The van der Waals surface area contributed by atoms with Crippen molar-refractivity contribution in [1.82, 2.24) is 0 Å². The number of phenols is 1. The van der Waals surface area contributed by atoms with Gasteiger partial charge in [-0.2, -0.15) is 0 Å². The van der Waals surface area contributed by atoms with Gasteiger partial charge in [0.1, 0.15) is 5.75 Å². The van der Waals surface area contributed by atoms with Crippen molar-refractivity contribution in [3.63, 3.8) is 0 Å². The number of non-ortho nitro benzene ring substituents is 1. The maximum atomic E-state index is 11.8. The van der Waals surface area contributed by atoms with Crippen LogP contribution in [0.2, 0.25) is 0 Å². The molecule has 0 fully saturated rings. The van der Waals surface area contributed by atoms with E-state index in [1.165, 1.54) is 24.5 Å². The fourth-order valence-corrected chi connectivity index (χ4v) is 1.80. The summed E-state index contributed by atoms with van der Waals surface area (Å²) < 4.78 is 5.16. The number of furan rings is 1. The Balaban J connectivity index is 2.23. The van der Waals surface area contributed by atoms with Crippen LogP contribution in [-0.4, -0.2) is 15.9 Å². The van der Waals surface area contributed by atoms with Gasteiger partial charge in [0.25, 0.3) is 11.6 Å². The van der Waals surface area contributed by atoms with Gasteiger partial charge in [-0.15, -0.1) is 0 Å². The Morgan fingerprint density at radius 2 is 2.16 bits per heavy atom. The lowest BCUT2D eigenvalue weighted by Crippen LogP contribution is -2.11. The summed E-state index contributed by atoms with van der Waals surface area (Å²) in [5.74, 6) is -0.896. The lowest BCUT2D eigenvalue weighted by atomic mass is 10.2. The van der Waals surface area contributed by atoms with E-state index in [2.05, 4.69) is 21.2 Å². The van der Waals surface area contributed by atoms with Crippen LogP contribution in [0.15, 0.2) is 39.6 Å². The Bertz CT molecular complexity index is 652. The minimum atomic E-state index is -0.641. The summed E-state index contributed by atoms with van der Waals surface area (Å²) in [4.78, 5) is 21.7. The molecule has 7 nitrogen and oxygen atoms in total. The van der Waals surface area contributed by atoms with Crippen molar-refractivity contribution in [2.75, 3.05) is 5.32 Å². The number of amides is 1. The Morgan fingerprint density at radius 3 is 2.68 bits per heavy atom. The number of rotatable bonds is 3. The summed E-state index contributed by atoms with van der Waals surface area (Å²) in [5.41, 5.74) is 0.0569. The molecule has 1 aromatic heterocycles. The molecule has 2 rings (SSSR count). The van der Waals surface area contributed by atoms with E-state index in [0.29, 0.717) is 0 Å². The van der Waals surface area contributed by atoms with Crippen molar-refractivity contribution in [2.45, 2.75) is 0 Å². The second-order valence-electron chi connectivity index (χ2n) is 3.52. The first-order valence-corrected chi connectivity index (χ1v) is 5.80. The van der Waals surface area contributed by atoms with Crippen LogP contribution in [0.5, 0.6) is 5.75 Å². The van der Waals surface area contributed by atoms with E-state index in [1.54, 1.807) is 0 Å². The van der Waals surface area contributed by atoms with Crippen LogP contribution in [0, 0.1) is 10.1 Å². The number of phenolic OH excluding ortho intramolecular Hbond substituents is 1. The van der Waals surface area contributed by atoms with Crippen molar-refractivity contribution in [1.29, 1.82) is 0 Å². The lowest BCUT2D eigenvalue weighted by Gasteiger charge is -2.06. The number of aromatic hydroxyl groups is 1. The molecular weight excluding hydrogens is 320 g/mol. The van der Waals surface area contributed by atoms with Crippen LogP contribution in [0.25, 0.3) is 0 Å². The number of nitrogens with one attached hydrogen (secondary N) is 1. The molecule has 2 aromatic rings. The Labute approximate surface area is 115 Å². The average Bonchev–Trinajstić information content (AvgIpc) is 2.77. The van der Waals surface area contributed by atoms with Crippen molar-refractivity contribution in [3.8, 4) is 5.75 Å². The molecule has 0 saturated heterocycles. The molecule has 0 aliphatic heterocycles. The topological polar surface area (TPSA) is 106 Å². The largest absolute Gasteiger partial charge is 0.506 e. The zero-order chi connectivity index (χ0) is 14.0. The van der Waals surface area contributed by atoms with E-state index < -0.39 is 10.8 Å². The molecule has 0 aliphatic rings.